The van der Waals surface area contributed by atoms with Crippen molar-refractivity contribution in [2.75, 3.05) is 0 Å². The maximum absolute atomic E-state index is 12.2. The van der Waals surface area contributed by atoms with E-state index in [1.165, 1.54) is 0 Å². The molecule has 1 rings (SSSR count). The first-order valence-corrected chi connectivity index (χ1v) is 7.51. The first-order chi connectivity index (χ1) is 9.86. The molecule has 1 amide bonds. The number of halogens is 1. The predicted octanol–water partition coefficient (Wildman–Crippen LogP) is 3.80. The Morgan fingerprint density at radius 2 is 1.86 bits per heavy atom. The van der Waals surface area contributed by atoms with Crippen LogP contribution in [0.2, 0.25) is 5.02 Å². The molecular weight excluding hydrogens is 290 g/mol. The van der Waals surface area contributed by atoms with Crippen molar-refractivity contribution in [3.8, 4) is 0 Å². The van der Waals surface area contributed by atoms with Crippen LogP contribution in [0.4, 0.5) is 0 Å². The van der Waals surface area contributed by atoms with Crippen molar-refractivity contribution in [2.24, 2.45) is 5.41 Å². The van der Waals surface area contributed by atoms with Crippen LogP contribution >= 0.6 is 11.6 Å². The Morgan fingerprint density at radius 1 is 1.29 bits per heavy atom. The zero-order valence-corrected chi connectivity index (χ0v) is 13.4. The van der Waals surface area contributed by atoms with Gasteiger partial charge in [0.2, 0.25) is 5.91 Å². The summed E-state index contributed by atoms with van der Waals surface area (Å²) in [4.78, 5) is 23.6. The van der Waals surface area contributed by atoms with E-state index in [2.05, 4.69) is 5.32 Å². The normalized spacial score (nSPS) is 12.8. The number of rotatable bonds is 7. The lowest BCUT2D eigenvalue weighted by atomic mass is 9.79. The Labute approximate surface area is 130 Å². The van der Waals surface area contributed by atoms with Gasteiger partial charge in [-0.25, -0.2) is 0 Å². The summed E-state index contributed by atoms with van der Waals surface area (Å²) >= 11 is 6.10. The van der Waals surface area contributed by atoms with Crippen molar-refractivity contribution in [1.29, 1.82) is 0 Å². The molecule has 1 aromatic rings. The van der Waals surface area contributed by atoms with Crippen LogP contribution in [0.1, 0.15) is 51.6 Å². The van der Waals surface area contributed by atoms with Gasteiger partial charge in [-0.1, -0.05) is 43.6 Å². The molecule has 0 aliphatic heterocycles. The van der Waals surface area contributed by atoms with Crippen molar-refractivity contribution in [2.45, 2.75) is 46.1 Å². The summed E-state index contributed by atoms with van der Waals surface area (Å²) in [5.41, 5.74) is -0.175. The second kappa shape index (κ2) is 7.46. The van der Waals surface area contributed by atoms with Crippen LogP contribution in [-0.2, 0) is 9.59 Å². The van der Waals surface area contributed by atoms with Gasteiger partial charge in [0, 0.05) is 11.4 Å². The Bertz CT molecular complexity index is 512. The number of aliphatic carboxylic acids is 1. The van der Waals surface area contributed by atoms with E-state index in [9.17, 15) is 14.7 Å². The molecule has 0 heterocycles. The summed E-state index contributed by atoms with van der Waals surface area (Å²) in [5.74, 6) is -1.19. The summed E-state index contributed by atoms with van der Waals surface area (Å²) in [6.45, 7) is 5.42. The molecule has 0 bridgehead atoms. The SMILES string of the molecule is CCC(CC)(CC(=O)NC(C)c1ccccc1Cl)C(=O)O. The third kappa shape index (κ3) is 4.21. The highest BCUT2D eigenvalue weighted by Crippen LogP contribution is 2.31. The van der Waals surface area contributed by atoms with Gasteiger partial charge in [-0.15, -0.1) is 0 Å². The molecule has 0 aliphatic carbocycles. The quantitative estimate of drug-likeness (QED) is 0.805. The van der Waals surface area contributed by atoms with E-state index in [1.54, 1.807) is 19.9 Å². The third-order valence-electron chi connectivity index (χ3n) is 4.06. The van der Waals surface area contributed by atoms with Crippen molar-refractivity contribution >= 4 is 23.5 Å². The number of hydrogen-bond acceptors (Lipinski definition) is 2. The van der Waals surface area contributed by atoms with Crippen LogP contribution in [0.25, 0.3) is 0 Å². The third-order valence-corrected chi connectivity index (χ3v) is 4.40. The first-order valence-electron chi connectivity index (χ1n) is 7.13. The molecule has 2 N–H and O–H groups in total. The van der Waals surface area contributed by atoms with Crippen LogP contribution in [0.15, 0.2) is 24.3 Å². The lowest BCUT2D eigenvalue weighted by molar-refractivity contribution is -0.152. The Kier molecular flexibility index (Phi) is 6.21. The van der Waals surface area contributed by atoms with Crippen LogP contribution in [0, 0.1) is 5.41 Å². The second-order valence-electron chi connectivity index (χ2n) is 5.28. The fourth-order valence-corrected chi connectivity index (χ4v) is 2.68. The summed E-state index contributed by atoms with van der Waals surface area (Å²) in [6.07, 6.45) is 0.823. The van der Waals surface area contributed by atoms with Gasteiger partial charge in [0.05, 0.1) is 11.5 Å². The summed E-state index contributed by atoms with van der Waals surface area (Å²) in [5, 5.41) is 12.8. The molecule has 1 aromatic carbocycles. The summed E-state index contributed by atoms with van der Waals surface area (Å²) in [6, 6.07) is 7.02. The van der Waals surface area contributed by atoms with Crippen LogP contribution in [0.5, 0.6) is 0 Å². The Balaban J connectivity index is 2.77. The maximum Gasteiger partial charge on any atom is 0.310 e. The molecule has 0 saturated carbocycles. The smallest absolute Gasteiger partial charge is 0.310 e. The second-order valence-corrected chi connectivity index (χ2v) is 5.69. The first kappa shape index (κ1) is 17.5. The zero-order chi connectivity index (χ0) is 16.0. The predicted molar refractivity (Wildman–Crippen MR) is 83.3 cm³/mol. The molecule has 0 fully saturated rings. The number of carboxylic acids is 1. The van der Waals surface area contributed by atoms with Crippen LogP contribution in [0.3, 0.4) is 0 Å². The minimum Gasteiger partial charge on any atom is -0.481 e. The fourth-order valence-electron chi connectivity index (χ4n) is 2.38. The van der Waals surface area contributed by atoms with Crippen LogP contribution in [-0.4, -0.2) is 17.0 Å². The van der Waals surface area contributed by atoms with Gasteiger partial charge in [0.15, 0.2) is 0 Å². The maximum atomic E-state index is 12.2. The molecule has 5 heteroatoms. The highest BCUT2D eigenvalue weighted by molar-refractivity contribution is 6.31. The lowest BCUT2D eigenvalue weighted by Gasteiger charge is -2.27. The van der Waals surface area contributed by atoms with E-state index in [1.807, 2.05) is 25.1 Å². The largest absolute Gasteiger partial charge is 0.481 e. The fraction of sp³-hybridized carbons (Fsp3) is 0.500. The molecule has 0 aliphatic rings. The van der Waals surface area contributed by atoms with Gasteiger partial charge in [0.1, 0.15) is 0 Å². The molecule has 0 spiro atoms. The number of benzene rings is 1. The van der Waals surface area contributed by atoms with Gasteiger partial charge < -0.3 is 10.4 Å². The molecule has 0 saturated heterocycles. The monoisotopic (exact) mass is 311 g/mol. The molecular formula is C16H22ClNO3. The highest BCUT2D eigenvalue weighted by atomic mass is 35.5. The van der Waals surface area contributed by atoms with Crippen molar-refractivity contribution in [3.05, 3.63) is 34.9 Å². The zero-order valence-electron chi connectivity index (χ0n) is 12.6. The minimum atomic E-state index is -0.996. The van der Waals surface area contributed by atoms with E-state index in [0.29, 0.717) is 17.9 Å². The number of amides is 1. The van der Waals surface area contributed by atoms with Gasteiger partial charge in [0.25, 0.3) is 0 Å². The molecule has 0 radical (unpaired) electrons. The molecule has 1 unspecified atom stereocenters. The van der Waals surface area contributed by atoms with E-state index in [-0.39, 0.29) is 18.4 Å². The van der Waals surface area contributed by atoms with Crippen molar-refractivity contribution < 1.29 is 14.7 Å². The topological polar surface area (TPSA) is 66.4 Å². The highest BCUT2D eigenvalue weighted by Gasteiger charge is 2.37. The number of nitrogens with one attached hydrogen (secondary N) is 1. The van der Waals surface area contributed by atoms with Crippen molar-refractivity contribution in [3.63, 3.8) is 0 Å². The standard InChI is InChI=1S/C16H22ClNO3/c1-4-16(5-2,15(20)21)10-14(19)18-11(3)12-8-6-7-9-13(12)17/h6-9,11H,4-5,10H2,1-3H3,(H,18,19)(H,20,21). The molecule has 1 atom stereocenters. The Morgan fingerprint density at radius 3 is 2.33 bits per heavy atom. The molecule has 21 heavy (non-hydrogen) atoms. The average molecular weight is 312 g/mol. The minimum absolute atomic E-state index is 0.0237. The average Bonchev–Trinajstić information content (AvgIpc) is 2.44. The van der Waals surface area contributed by atoms with E-state index in [0.717, 1.165) is 5.56 Å². The van der Waals surface area contributed by atoms with Crippen molar-refractivity contribution in [1.82, 2.24) is 5.32 Å². The van der Waals surface area contributed by atoms with Gasteiger partial charge >= 0.3 is 5.97 Å². The van der Waals surface area contributed by atoms with E-state index in [4.69, 9.17) is 11.6 Å². The molecule has 4 nitrogen and oxygen atoms in total. The van der Waals surface area contributed by atoms with Gasteiger partial charge in [-0.2, -0.15) is 0 Å². The lowest BCUT2D eigenvalue weighted by Crippen LogP contribution is -2.37. The number of carbonyl (C=O) groups excluding carboxylic acids is 1. The van der Waals surface area contributed by atoms with E-state index < -0.39 is 11.4 Å². The summed E-state index contributed by atoms with van der Waals surface area (Å²) in [7, 11) is 0. The number of carbonyl (C=O) groups is 2. The number of carboxylic acid groups (broad SMARTS) is 1. The number of hydrogen-bond donors (Lipinski definition) is 2. The van der Waals surface area contributed by atoms with Gasteiger partial charge in [-0.3, -0.25) is 9.59 Å². The molecule has 0 aromatic heterocycles. The van der Waals surface area contributed by atoms with E-state index >= 15 is 0 Å². The summed E-state index contributed by atoms with van der Waals surface area (Å²) < 4.78 is 0. The molecule has 116 valence electrons. The van der Waals surface area contributed by atoms with Gasteiger partial charge in [-0.05, 0) is 31.4 Å². The van der Waals surface area contributed by atoms with Crippen LogP contribution < -0.4 is 5.32 Å². The Hall–Kier alpha value is -1.55.